The fourth-order valence-corrected chi connectivity index (χ4v) is 2.19. The molecule has 1 amide bonds. The van der Waals surface area contributed by atoms with Gasteiger partial charge >= 0.3 is 0 Å². The molecule has 1 aliphatic heterocycles. The molecule has 1 aromatic heterocycles. The van der Waals surface area contributed by atoms with Gasteiger partial charge < -0.3 is 15.1 Å². The Morgan fingerprint density at radius 2 is 2.28 bits per heavy atom. The van der Waals surface area contributed by atoms with Crippen LogP contribution in [-0.4, -0.2) is 17.4 Å². The van der Waals surface area contributed by atoms with Crippen molar-refractivity contribution < 1.29 is 9.21 Å². The van der Waals surface area contributed by atoms with Crippen LogP contribution in [0.25, 0.3) is 0 Å². The number of para-hydroxylation sites is 1. The van der Waals surface area contributed by atoms with Gasteiger partial charge in [0.05, 0.1) is 12.7 Å². The zero-order valence-corrected chi connectivity index (χ0v) is 9.80. The number of rotatable bonds is 2. The monoisotopic (exact) mass is 243 g/mol. The number of fused-ring (bicyclic) bond motifs is 1. The molecule has 0 unspecified atom stereocenters. The zero-order chi connectivity index (χ0) is 12.5. The molecule has 1 aromatic carbocycles. The van der Waals surface area contributed by atoms with Crippen LogP contribution in [0.15, 0.2) is 34.9 Å². The van der Waals surface area contributed by atoms with Crippen molar-refractivity contribution in [1.29, 1.82) is 0 Å². The Morgan fingerprint density at radius 1 is 1.44 bits per heavy atom. The summed E-state index contributed by atoms with van der Waals surface area (Å²) in [4.78, 5) is 18.0. The van der Waals surface area contributed by atoms with E-state index in [1.54, 1.807) is 4.90 Å². The number of anilines is 1. The molecule has 0 saturated carbocycles. The van der Waals surface area contributed by atoms with Crippen molar-refractivity contribution in [3.8, 4) is 0 Å². The molecule has 1 aliphatic rings. The van der Waals surface area contributed by atoms with Gasteiger partial charge in [-0.05, 0) is 18.1 Å². The summed E-state index contributed by atoms with van der Waals surface area (Å²) in [5.41, 5.74) is 7.55. The molecule has 2 heterocycles. The highest BCUT2D eigenvalue weighted by Gasteiger charge is 2.27. The van der Waals surface area contributed by atoms with Crippen molar-refractivity contribution in [1.82, 2.24) is 4.98 Å². The van der Waals surface area contributed by atoms with Crippen molar-refractivity contribution >= 4 is 11.6 Å². The number of benzene rings is 1. The topological polar surface area (TPSA) is 72.4 Å². The SMILES string of the molecule is NCc1ncc(C(=O)N2CCc3ccccc32)o1. The number of aromatic nitrogens is 1. The van der Waals surface area contributed by atoms with Crippen LogP contribution in [0.1, 0.15) is 22.0 Å². The summed E-state index contributed by atoms with van der Waals surface area (Å²) >= 11 is 0. The maximum absolute atomic E-state index is 12.3. The Labute approximate surface area is 104 Å². The van der Waals surface area contributed by atoms with Crippen molar-refractivity contribution in [3.05, 3.63) is 47.7 Å². The summed E-state index contributed by atoms with van der Waals surface area (Å²) in [6, 6.07) is 7.89. The van der Waals surface area contributed by atoms with E-state index in [-0.39, 0.29) is 18.2 Å². The minimum Gasteiger partial charge on any atom is -0.434 e. The van der Waals surface area contributed by atoms with Gasteiger partial charge in [0.15, 0.2) is 0 Å². The number of oxazole rings is 1. The summed E-state index contributed by atoms with van der Waals surface area (Å²) in [6.45, 7) is 0.876. The molecule has 0 aliphatic carbocycles. The zero-order valence-electron chi connectivity index (χ0n) is 9.80. The predicted octanol–water partition coefficient (Wildman–Crippen LogP) is 1.34. The van der Waals surface area contributed by atoms with Crippen molar-refractivity contribution in [2.24, 2.45) is 5.73 Å². The molecule has 0 saturated heterocycles. The number of nitrogens with zero attached hydrogens (tertiary/aromatic N) is 2. The van der Waals surface area contributed by atoms with Gasteiger partial charge in [-0.2, -0.15) is 0 Å². The van der Waals surface area contributed by atoms with E-state index in [1.807, 2.05) is 24.3 Å². The average molecular weight is 243 g/mol. The van der Waals surface area contributed by atoms with Gasteiger partial charge in [0, 0.05) is 12.2 Å². The van der Waals surface area contributed by atoms with Gasteiger partial charge in [-0.1, -0.05) is 18.2 Å². The first-order valence-electron chi connectivity index (χ1n) is 5.84. The number of hydrogen-bond acceptors (Lipinski definition) is 4. The van der Waals surface area contributed by atoms with Crippen LogP contribution < -0.4 is 10.6 Å². The summed E-state index contributed by atoms with van der Waals surface area (Å²) in [5.74, 6) is 0.463. The standard InChI is InChI=1S/C13H13N3O2/c14-7-12-15-8-11(18-12)13(17)16-6-5-9-3-1-2-4-10(9)16/h1-4,8H,5-7,14H2. The van der Waals surface area contributed by atoms with Crippen LogP contribution in [0.3, 0.4) is 0 Å². The molecule has 5 heteroatoms. The lowest BCUT2D eigenvalue weighted by Crippen LogP contribution is -2.28. The van der Waals surface area contributed by atoms with Crippen LogP contribution in [0.2, 0.25) is 0 Å². The van der Waals surface area contributed by atoms with Crippen molar-refractivity contribution in [2.75, 3.05) is 11.4 Å². The molecule has 0 fully saturated rings. The highest BCUT2D eigenvalue weighted by Crippen LogP contribution is 2.28. The van der Waals surface area contributed by atoms with E-state index in [0.29, 0.717) is 12.4 Å². The van der Waals surface area contributed by atoms with Crippen LogP contribution in [-0.2, 0) is 13.0 Å². The lowest BCUT2D eigenvalue weighted by molar-refractivity contribution is 0.0961. The van der Waals surface area contributed by atoms with Crippen LogP contribution >= 0.6 is 0 Å². The van der Waals surface area contributed by atoms with E-state index in [0.717, 1.165) is 12.1 Å². The molecular weight excluding hydrogens is 230 g/mol. The van der Waals surface area contributed by atoms with Gasteiger partial charge in [-0.15, -0.1) is 0 Å². The van der Waals surface area contributed by atoms with Gasteiger partial charge in [-0.3, -0.25) is 4.79 Å². The van der Waals surface area contributed by atoms with Crippen molar-refractivity contribution in [3.63, 3.8) is 0 Å². The fraction of sp³-hybridized carbons (Fsp3) is 0.231. The van der Waals surface area contributed by atoms with E-state index in [2.05, 4.69) is 4.98 Å². The lowest BCUT2D eigenvalue weighted by atomic mass is 10.2. The highest BCUT2D eigenvalue weighted by atomic mass is 16.4. The molecule has 18 heavy (non-hydrogen) atoms. The number of hydrogen-bond donors (Lipinski definition) is 1. The fourth-order valence-electron chi connectivity index (χ4n) is 2.19. The molecule has 0 spiro atoms. The smallest absolute Gasteiger partial charge is 0.295 e. The Bertz CT molecular complexity index is 591. The molecule has 2 N–H and O–H groups in total. The number of carbonyl (C=O) groups excluding carboxylic acids is 1. The minimum absolute atomic E-state index is 0.160. The second kappa shape index (κ2) is 4.27. The summed E-state index contributed by atoms with van der Waals surface area (Å²) < 4.78 is 5.29. The van der Waals surface area contributed by atoms with E-state index in [9.17, 15) is 4.79 Å². The van der Waals surface area contributed by atoms with Crippen LogP contribution in [0.5, 0.6) is 0 Å². The first-order chi connectivity index (χ1) is 8.79. The molecule has 0 radical (unpaired) electrons. The molecular formula is C13H13N3O2. The molecule has 92 valence electrons. The molecule has 0 atom stereocenters. The summed E-state index contributed by atoms with van der Waals surface area (Å²) in [6.07, 6.45) is 2.31. The van der Waals surface area contributed by atoms with E-state index < -0.39 is 0 Å². The Kier molecular flexibility index (Phi) is 2.60. The normalized spacial score (nSPS) is 13.7. The third-order valence-corrected chi connectivity index (χ3v) is 3.07. The Hall–Kier alpha value is -2.14. The first-order valence-corrected chi connectivity index (χ1v) is 5.84. The second-order valence-corrected chi connectivity index (χ2v) is 4.16. The largest absolute Gasteiger partial charge is 0.434 e. The van der Waals surface area contributed by atoms with E-state index in [4.69, 9.17) is 10.2 Å². The summed E-state index contributed by atoms with van der Waals surface area (Å²) in [7, 11) is 0. The maximum Gasteiger partial charge on any atom is 0.295 e. The first kappa shape index (κ1) is 11.0. The molecule has 0 bridgehead atoms. The van der Waals surface area contributed by atoms with Gasteiger partial charge in [0.2, 0.25) is 11.7 Å². The third-order valence-electron chi connectivity index (χ3n) is 3.07. The highest BCUT2D eigenvalue weighted by molar-refractivity contribution is 6.05. The number of carbonyl (C=O) groups is 1. The number of amides is 1. The molecule has 5 nitrogen and oxygen atoms in total. The van der Waals surface area contributed by atoms with Gasteiger partial charge in [0.1, 0.15) is 0 Å². The van der Waals surface area contributed by atoms with Gasteiger partial charge in [0.25, 0.3) is 5.91 Å². The molecule has 3 rings (SSSR count). The average Bonchev–Trinajstić information content (AvgIpc) is 3.04. The van der Waals surface area contributed by atoms with E-state index in [1.165, 1.54) is 11.8 Å². The van der Waals surface area contributed by atoms with Crippen LogP contribution in [0, 0.1) is 0 Å². The number of nitrogens with two attached hydrogens (primary N) is 1. The third kappa shape index (κ3) is 1.69. The summed E-state index contributed by atoms with van der Waals surface area (Å²) in [5, 5.41) is 0. The van der Waals surface area contributed by atoms with Gasteiger partial charge in [-0.25, -0.2) is 4.98 Å². The maximum atomic E-state index is 12.3. The minimum atomic E-state index is -0.160. The Morgan fingerprint density at radius 3 is 3.06 bits per heavy atom. The predicted molar refractivity (Wildman–Crippen MR) is 66.2 cm³/mol. The molecule has 2 aromatic rings. The quantitative estimate of drug-likeness (QED) is 0.863. The second-order valence-electron chi connectivity index (χ2n) is 4.16. The lowest BCUT2D eigenvalue weighted by Gasteiger charge is -2.15. The Balaban J connectivity index is 1.90. The van der Waals surface area contributed by atoms with Crippen LogP contribution in [0.4, 0.5) is 5.69 Å². The van der Waals surface area contributed by atoms with E-state index >= 15 is 0 Å². The van der Waals surface area contributed by atoms with Crippen molar-refractivity contribution in [2.45, 2.75) is 13.0 Å².